The molecule has 2 aliphatic heterocycles. The minimum absolute atomic E-state index is 0.177. The molecule has 156 valence electrons. The van der Waals surface area contributed by atoms with Crippen molar-refractivity contribution in [2.45, 2.75) is 52.0 Å². The molecule has 7 nitrogen and oxygen atoms in total. The second kappa shape index (κ2) is 9.96. The molecule has 7 heteroatoms. The van der Waals surface area contributed by atoms with Gasteiger partial charge in [-0.1, -0.05) is 0 Å². The molecule has 0 radical (unpaired) electrons. The van der Waals surface area contributed by atoms with Crippen LogP contribution in [0.5, 0.6) is 0 Å². The van der Waals surface area contributed by atoms with E-state index in [0.29, 0.717) is 18.9 Å². The van der Waals surface area contributed by atoms with Crippen molar-refractivity contribution in [3.8, 4) is 0 Å². The van der Waals surface area contributed by atoms with E-state index in [1.165, 1.54) is 12.8 Å². The third-order valence-electron chi connectivity index (χ3n) is 5.73. The number of furan rings is 1. The van der Waals surface area contributed by atoms with E-state index >= 15 is 0 Å². The maximum Gasteiger partial charge on any atom is 0.217 e. The molecule has 1 aromatic heterocycles. The van der Waals surface area contributed by atoms with Crippen LogP contribution >= 0.6 is 0 Å². The van der Waals surface area contributed by atoms with Gasteiger partial charge in [0.15, 0.2) is 5.96 Å². The molecule has 2 aliphatic rings. The molecule has 28 heavy (non-hydrogen) atoms. The van der Waals surface area contributed by atoms with Crippen molar-refractivity contribution in [2.75, 3.05) is 39.3 Å². The first-order valence-corrected chi connectivity index (χ1v) is 10.7. The van der Waals surface area contributed by atoms with E-state index in [1.54, 1.807) is 0 Å². The van der Waals surface area contributed by atoms with Gasteiger partial charge < -0.3 is 20.4 Å². The van der Waals surface area contributed by atoms with Crippen molar-refractivity contribution in [2.24, 2.45) is 16.6 Å². The summed E-state index contributed by atoms with van der Waals surface area (Å²) in [6.07, 6.45) is 5.05. The highest BCUT2D eigenvalue weighted by Crippen LogP contribution is 2.27. The van der Waals surface area contributed by atoms with Crippen LogP contribution in [0.25, 0.3) is 0 Å². The molecule has 2 saturated heterocycles. The van der Waals surface area contributed by atoms with Crippen LogP contribution < -0.4 is 11.1 Å². The Morgan fingerprint density at radius 3 is 2.75 bits per heavy atom. The summed E-state index contributed by atoms with van der Waals surface area (Å²) in [6, 6.07) is 4.30. The molecule has 2 atom stereocenters. The highest BCUT2D eigenvalue weighted by atomic mass is 16.3. The zero-order valence-electron chi connectivity index (χ0n) is 17.3. The SMILES string of the molecule is CCNC(=NCC(c1ccc(C)o1)N1CCCC1)N1CCCC(CC(N)=O)C1. The van der Waals surface area contributed by atoms with Crippen LogP contribution in [0.1, 0.15) is 56.6 Å². The Morgan fingerprint density at radius 1 is 1.32 bits per heavy atom. The number of rotatable bonds is 7. The number of hydrogen-bond donors (Lipinski definition) is 2. The number of carbonyl (C=O) groups excluding carboxylic acids is 1. The summed E-state index contributed by atoms with van der Waals surface area (Å²) in [5.41, 5.74) is 5.42. The predicted molar refractivity (Wildman–Crippen MR) is 111 cm³/mol. The number of carbonyl (C=O) groups is 1. The van der Waals surface area contributed by atoms with Crippen LogP contribution in [0.4, 0.5) is 0 Å². The molecule has 3 heterocycles. The molecule has 3 N–H and O–H groups in total. The first-order chi connectivity index (χ1) is 13.6. The zero-order chi connectivity index (χ0) is 19.9. The smallest absolute Gasteiger partial charge is 0.217 e. The molecule has 0 spiro atoms. The number of amides is 1. The largest absolute Gasteiger partial charge is 0.465 e. The van der Waals surface area contributed by atoms with Gasteiger partial charge in [-0.2, -0.15) is 0 Å². The monoisotopic (exact) mass is 389 g/mol. The maximum atomic E-state index is 11.3. The van der Waals surface area contributed by atoms with Gasteiger partial charge in [0.2, 0.25) is 5.91 Å². The number of nitrogens with two attached hydrogens (primary N) is 1. The Balaban J connectivity index is 1.72. The van der Waals surface area contributed by atoms with E-state index < -0.39 is 0 Å². The Bertz CT molecular complexity index is 666. The standard InChI is InChI=1S/C21H35N5O2/c1-3-23-21(26-12-6-7-17(15-26)13-20(22)27)24-14-18(25-10-4-5-11-25)19-9-8-16(2)28-19/h8-9,17-18H,3-7,10-15H2,1-2H3,(H2,22,27)(H,23,24). The Hall–Kier alpha value is -2.02. The van der Waals surface area contributed by atoms with Crippen molar-refractivity contribution in [3.63, 3.8) is 0 Å². The number of hydrogen-bond acceptors (Lipinski definition) is 4. The molecule has 0 bridgehead atoms. The molecule has 2 fully saturated rings. The van der Waals surface area contributed by atoms with Gasteiger partial charge in [0.1, 0.15) is 11.5 Å². The molecule has 2 unspecified atom stereocenters. The predicted octanol–water partition coefficient (Wildman–Crippen LogP) is 2.28. The van der Waals surface area contributed by atoms with Crippen molar-refractivity contribution in [1.82, 2.24) is 15.1 Å². The summed E-state index contributed by atoms with van der Waals surface area (Å²) in [4.78, 5) is 21.1. The van der Waals surface area contributed by atoms with Gasteiger partial charge in [-0.3, -0.25) is 14.7 Å². The first-order valence-electron chi connectivity index (χ1n) is 10.7. The fourth-order valence-corrected chi connectivity index (χ4v) is 4.38. The van der Waals surface area contributed by atoms with Crippen LogP contribution in [-0.2, 0) is 4.79 Å². The number of nitrogens with zero attached hydrogens (tertiary/aromatic N) is 3. The average Bonchev–Trinajstić information content (AvgIpc) is 3.33. The van der Waals surface area contributed by atoms with Crippen LogP contribution in [0.2, 0.25) is 0 Å². The minimum atomic E-state index is -0.212. The number of aliphatic imine (C=N–C) groups is 1. The van der Waals surface area contributed by atoms with Gasteiger partial charge in [-0.05, 0) is 70.7 Å². The summed E-state index contributed by atoms with van der Waals surface area (Å²) >= 11 is 0. The summed E-state index contributed by atoms with van der Waals surface area (Å²) in [7, 11) is 0. The van der Waals surface area contributed by atoms with E-state index in [-0.39, 0.29) is 11.9 Å². The van der Waals surface area contributed by atoms with Crippen molar-refractivity contribution >= 4 is 11.9 Å². The third kappa shape index (κ3) is 5.50. The molecule has 1 amide bonds. The number of nitrogens with one attached hydrogen (secondary N) is 1. The second-order valence-electron chi connectivity index (χ2n) is 8.03. The summed E-state index contributed by atoms with van der Waals surface area (Å²) in [5.74, 6) is 2.99. The fourth-order valence-electron chi connectivity index (χ4n) is 4.38. The zero-order valence-corrected chi connectivity index (χ0v) is 17.3. The lowest BCUT2D eigenvalue weighted by molar-refractivity contribution is -0.119. The van der Waals surface area contributed by atoms with Crippen LogP contribution in [0.3, 0.4) is 0 Å². The van der Waals surface area contributed by atoms with E-state index in [1.807, 2.05) is 13.0 Å². The molecular formula is C21H35N5O2. The van der Waals surface area contributed by atoms with Crippen LogP contribution in [-0.4, -0.2) is 60.9 Å². The third-order valence-corrected chi connectivity index (χ3v) is 5.73. The lowest BCUT2D eigenvalue weighted by Crippen LogP contribution is -2.47. The second-order valence-corrected chi connectivity index (χ2v) is 8.03. The Labute approximate surface area is 168 Å². The highest BCUT2D eigenvalue weighted by molar-refractivity contribution is 5.80. The van der Waals surface area contributed by atoms with Crippen molar-refractivity contribution in [3.05, 3.63) is 23.7 Å². The molecule has 0 aliphatic carbocycles. The quantitative estimate of drug-likeness (QED) is 0.552. The van der Waals surface area contributed by atoms with Gasteiger partial charge >= 0.3 is 0 Å². The highest BCUT2D eigenvalue weighted by Gasteiger charge is 2.27. The number of primary amides is 1. The number of aryl methyl sites for hydroxylation is 1. The molecule has 3 rings (SSSR count). The molecule has 0 aromatic carbocycles. The van der Waals surface area contributed by atoms with E-state index in [0.717, 1.165) is 63.0 Å². The lowest BCUT2D eigenvalue weighted by Gasteiger charge is -2.35. The van der Waals surface area contributed by atoms with E-state index in [9.17, 15) is 4.79 Å². The van der Waals surface area contributed by atoms with E-state index in [4.69, 9.17) is 15.1 Å². The van der Waals surface area contributed by atoms with Gasteiger partial charge in [-0.15, -0.1) is 0 Å². The minimum Gasteiger partial charge on any atom is -0.465 e. The Kier molecular flexibility index (Phi) is 7.36. The number of guanidine groups is 1. The number of likely N-dealkylation sites (tertiary alicyclic amines) is 2. The lowest BCUT2D eigenvalue weighted by atomic mass is 9.95. The summed E-state index contributed by atoms with van der Waals surface area (Å²) in [5, 5.41) is 3.44. The molecule has 0 saturated carbocycles. The van der Waals surface area contributed by atoms with Gasteiger partial charge in [0.05, 0.1) is 12.6 Å². The fraction of sp³-hybridized carbons (Fsp3) is 0.714. The van der Waals surface area contributed by atoms with Crippen LogP contribution in [0.15, 0.2) is 21.5 Å². The van der Waals surface area contributed by atoms with Gasteiger partial charge in [0.25, 0.3) is 0 Å². The summed E-state index contributed by atoms with van der Waals surface area (Å²) < 4.78 is 5.96. The van der Waals surface area contributed by atoms with Gasteiger partial charge in [-0.25, -0.2) is 0 Å². The normalized spacial score (nSPS) is 22.4. The molecule has 1 aromatic rings. The maximum absolute atomic E-state index is 11.3. The summed E-state index contributed by atoms with van der Waals surface area (Å²) in [6.45, 7) is 9.58. The average molecular weight is 390 g/mol. The van der Waals surface area contributed by atoms with Crippen LogP contribution in [0, 0.1) is 12.8 Å². The van der Waals surface area contributed by atoms with E-state index in [2.05, 4.69) is 28.1 Å². The first kappa shape index (κ1) is 20.7. The van der Waals surface area contributed by atoms with Crippen molar-refractivity contribution in [1.29, 1.82) is 0 Å². The van der Waals surface area contributed by atoms with Gasteiger partial charge in [0, 0.05) is 26.1 Å². The van der Waals surface area contributed by atoms with Crippen molar-refractivity contribution < 1.29 is 9.21 Å². The number of piperidine rings is 1. The molecular weight excluding hydrogens is 354 g/mol. The Morgan fingerprint density at radius 2 is 2.11 bits per heavy atom. The topological polar surface area (TPSA) is 87.1 Å².